The van der Waals surface area contributed by atoms with Crippen LogP contribution in [0.2, 0.25) is 0 Å². The summed E-state index contributed by atoms with van der Waals surface area (Å²) in [5.74, 6) is 0.378. The third-order valence-electron chi connectivity index (χ3n) is 11.8. The first-order valence-corrected chi connectivity index (χ1v) is 18.4. The van der Waals surface area contributed by atoms with Gasteiger partial charge in [-0.05, 0) is 92.9 Å². The molecule has 5 aromatic carbocycles. The van der Waals surface area contributed by atoms with Crippen LogP contribution in [0.25, 0.3) is 88.7 Å². The van der Waals surface area contributed by atoms with Gasteiger partial charge in [-0.2, -0.15) is 9.13 Å². The highest BCUT2D eigenvalue weighted by atomic mass is 16.3. The summed E-state index contributed by atoms with van der Waals surface area (Å²) in [7, 11) is 0. The zero-order valence-electron chi connectivity index (χ0n) is 29.5. The van der Waals surface area contributed by atoms with Crippen molar-refractivity contribution in [2.75, 3.05) is 0 Å². The van der Waals surface area contributed by atoms with Crippen molar-refractivity contribution in [3.63, 3.8) is 0 Å². The first-order valence-electron chi connectivity index (χ1n) is 18.4. The second-order valence-electron chi connectivity index (χ2n) is 14.7. The molecule has 11 rings (SSSR count). The topological polar surface area (TPSA) is 25.3 Å². The number of hydrogen-bond donors (Lipinski definition) is 0. The number of aryl methyl sites for hydroxylation is 2. The average Bonchev–Trinajstić information content (AvgIpc) is 3.82. The van der Waals surface area contributed by atoms with Gasteiger partial charge in [0.15, 0.2) is 24.6 Å². The zero-order chi connectivity index (χ0) is 34.7. The molecule has 0 saturated heterocycles. The van der Waals surface area contributed by atoms with Crippen LogP contribution in [-0.2, 0) is 0 Å². The van der Waals surface area contributed by atoms with Crippen LogP contribution in [0.3, 0.4) is 0 Å². The van der Waals surface area contributed by atoms with Crippen molar-refractivity contribution in [1.82, 2.24) is 4.40 Å². The molecule has 4 nitrogen and oxygen atoms in total. The minimum atomic E-state index is 0.353. The van der Waals surface area contributed by atoms with Crippen molar-refractivity contribution in [1.29, 1.82) is 0 Å². The van der Waals surface area contributed by atoms with E-state index in [1.807, 2.05) is 0 Å². The van der Waals surface area contributed by atoms with Crippen LogP contribution in [0.1, 0.15) is 42.0 Å². The molecule has 4 heteroatoms. The van der Waals surface area contributed by atoms with Crippen LogP contribution in [0, 0.1) is 13.8 Å². The lowest BCUT2D eigenvalue weighted by Gasteiger charge is -2.27. The third kappa shape index (κ3) is 4.03. The highest BCUT2D eigenvalue weighted by Gasteiger charge is 2.36. The molecule has 1 aliphatic rings. The van der Waals surface area contributed by atoms with Crippen LogP contribution in [0.5, 0.6) is 0 Å². The number of furan rings is 1. The highest BCUT2D eigenvalue weighted by Crippen LogP contribution is 2.47. The van der Waals surface area contributed by atoms with E-state index in [1.165, 1.54) is 88.1 Å². The monoisotopic (exact) mass is 671 g/mol. The van der Waals surface area contributed by atoms with Crippen molar-refractivity contribution in [2.24, 2.45) is 0 Å². The van der Waals surface area contributed by atoms with Crippen molar-refractivity contribution in [3.8, 4) is 22.5 Å². The van der Waals surface area contributed by atoms with Gasteiger partial charge in [-0.1, -0.05) is 54.6 Å². The summed E-state index contributed by atoms with van der Waals surface area (Å²) in [6, 6.07) is 44.7. The number of allylic oxidation sites excluding steroid dienone is 1. The van der Waals surface area contributed by atoms with Gasteiger partial charge >= 0.3 is 0 Å². The SMILES string of the molecule is Cc1ccc(-c2cc3c4cc5oc6ccccc6c5c5c6ccccc6n(c3cc2C)c45)[n+](/C=C/CC2c3ccccc3-c3cccc[n+]3C2C)c1. The van der Waals surface area contributed by atoms with Gasteiger partial charge in [0, 0.05) is 61.6 Å². The summed E-state index contributed by atoms with van der Waals surface area (Å²) in [4.78, 5) is 0. The first kappa shape index (κ1) is 29.5. The van der Waals surface area contributed by atoms with Gasteiger partial charge in [-0.15, -0.1) is 0 Å². The second kappa shape index (κ2) is 10.9. The molecule has 0 fully saturated rings. The lowest BCUT2D eigenvalue weighted by Crippen LogP contribution is -2.45. The van der Waals surface area contributed by atoms with Gasteiger partial charge in [0.2, 0.25) is 11.4 Å². The Kier molecular flexibility index (Phi) is 6.16. The van der Waals surface area contributed by atoms with Crippen molar-refractivity contribution >= 4 is 66.2 Å². The maximum absolute atomic E-state index is 6.55. The molecule has 52 heavy (non-hydrogen) atoms. The molecule has 1 aliphatic heterocycles. The van der Waals surface area contributed by atoms with Gasteiger partial charge in [-0.3, -0.25) is 0 Å². The average molecular weight is 672 g/mol. The molecule has 2 atom stereocenters. The van der Waals surface area contributed by atoms with E-state index < -0.39 is 0 Å². The molecule has 0 radical (unpaired) electrons. The maximum Gasteiger partial charge on any atom is 0.218 e. The number of aromatic nitrogens is 3. The van der Waals surface area contributed by atoms with E-state index >= 15 is 0 Å². The Morgan fingerprint density at radius 3 is 2.40 bits per heavy atom. The number of nitrogens with zero attached hydrogens (tertiary/aromatic N) is 3. The predicted octanol–water partition coefficient (Wildman–Crippen LogP) is 11.5. The summed E-state index contributed by atoms with van der Waals surface area (Å²) >= 11 is 0. The molecule has 0 bridgehead atoms. The fourth-order valence-corrected chi connectivity index (χ4v) is 9.37. The van der Waals surface area contributed by atoms with Gasteiger partial charge in [-0.25, -0.2) is 0 Å². The lowest BCUT2D eigenvalue weighted by molar-refractivity contribution is -0.714. The largest absolute Gasteiger partial charge is 0.456 e. The van der Waals surface area contributed by atoms with Gasteiger partial charge in [0.05, 0.1) is 28.0 Å². The van der Waals surface area contributed by atoms with E-state index in [0.717, 1.165) is 17.6 Å². The minimum Gasteiger partial charge on any atom is -0.456 e. The Hall–Kier alpha value is -6.26. The fraction of sp³-hybridized carbons (Fsp3) is 0.125. The fourth-order valence-electron chi connectivity index (χ4n) is 9.37. The molecule has 248 valence electrons. The van der Waals surface area contributed by atoms with E-state index in [-0.39, 0.29) is 0 Å². The molecule has 0 N–H and O–H groups in total. The Morgan fingerprint density at radius 2 is 1.48 bits per heavy atom. The molecular weight excluding hydrogens is 635 g/mol. The molecule has 2 unspecified atom stereocenters. The highest BCUT2D eigenvalue weighted by molar-refractivity contribution is 6.34. The smallest absolute Gasteiger partial charge is 0.218 e. The standard InChI is InChI=1S/C48H37N3O/c1-29-21-22-40(49(28-29)23-12-17-32-31(3)50-24-11-10-18-41(50)34-14-5-4-13-33(32)34)37-26-38-39-27-45-46(36-16-7-9-20-44(36)52-45)47-35-15-6-8-19-42(35)51(48(39)47)43(38)25-30(37)2/h4-16,18-28,31-32H,17H2,1-3H3/q+2/b23-12+. The quantitative estimate of drug-likeness (QED) is 0.171. The Morgan fingerprint density at radius 1 is 0.673 bits per heavy atom. The molecule has 0 aliphatic carbocycles. The third-order valence-corrected chi connectivity index (χ3v) is 11.8. The molecule has 5 aromatic heterocycles. The number of rotatable bonds is 4. The predicted molar refractivity (Wildman–Crippen MR) is 213 cm³/mol. The first-order chi connectivity index (χ1) is 25.5. The Labute approximate surface area is 301 Å². The molecular formula is C48H37N3O+2. The van der Waals surface area contributed by atoms with E-state index in [0.29, 0.717) is 12.0 Å². The number of pyridine rings is 2. The normalized spacial score (nSPS) is 16.0. The van der Waals surface area contributed by atoms with Gasteiger partial charge < -0.3 is 8.82 Å². The van der Waals surface area contributed by atoms with Gasteiger partial charge in [0.1, 0.15) is 11.2 Å². The number of para-hydroxylation sites is 2. The summed E-state index contributed by atoms with van der Waals surface area (Å²) in [5.41, 5.74) is 14.6. The van der Waals surface area contributed by atoms with Crippen molar-refractivity contribution in [3.05, 3.63) is 156 Å². The summed E-state index contributed by atoms with van der Waals surface area (Å²) < 4.78 is 13.8. The number of hydrogen-bond acceptors (Lipinski definition) is 1. The zero-order valence-corrected chi connectivity index (χ0v) is 29.5. The van der Waals surface area contributed by atoms with Crippen LogP contribution in [-0.4, -0.2) is 4.40 Å². The molecule has 6 heterocycles. The van der Waals surface area contributed by atoms with Crippen LogP contribution >= 0.6 is 0 Å². The summed E-state index contributed by atoms with van der Waals surface area (Å²) in [6.45, 7) is 6.79. The van der Waals surface area contributed by atoms with Crippen molar-refractivity contribution in [2.45, 2.75) is 39.2 Å². The summed E-state index contributed by atoms with van der Waals surface area (Å²) in [5, 5.41) is 7.38. The molecule has 0 spiro atoms. The van der Waals surface area contributed by atoms with Crippen LogP contribution < -0.4 is 9.13 Å². The van der Waals surface area contributed by atoms with Gasteiger partial charge in [0.25, 0.3) is 0 Å². The van der Waals surface area contributed by atoms with Crippen LogP contribution in [0.15, 0.2) is 144 Å². The van der Waals surface area contributed by atoms with E-state index in [9.17, 15) is 0 Å². The summed E-state index contributed by atoms with van der Waals surface area (Å²) in [6.07, 6.45) is 10.1. The second-order valence-corrected chi connectivity index (χ2v) is 14.7. The van der Waals surface area contributed by atoms with E-state index in [4.69, 9.17) is 4.42 Å². The van der Waals surface area contributed by atoms with E-state index in [2.05, 4.69) is 180 Å². The number of benzene rings is 5. The lowest BCUT2D eigenvalue weighted by atomic mass is 9.82. The molecule has 0 saturated carbocycles. The minimum absolute atomic E-state index is 0.353. The number of fused-ring (bicyclic) bond motifs is 13. The maximum atomic E-state index is 6.55. The van der Waals surface area contributed by atoms with E-state index in [1.54, 1.807) is 0 Å². The van der Waals surface area contributed by atoms with Crippen LogP contribution in [0.4, 0.5) is 0 Å². The Balaban J connectivity index is 1.07. The Bertz CT molecular complexity index is 3110. The molecule has 0 amide bonds. The van der Waals surface area contributed by atoms with Crippen molar-refractivity contribution < 1.29 is 13.6 Å². The molecule has 10 aromatic rings.